The lowest BCUT2D eigenvalue weighted by Crippen LogP contribution is -2.35. The Morgan fingerprint density at radius 2 is 2.07 bits per heavy atom. The number of aromatic nitrogens is 3. The quantitative estimate of drug-likeness (QED) is 0.585. The molecule has 1 atom stereocenters. The second kappa shape index (κ2) is 8.38. The summed E-state index contributed by atoms with van der Waals surface area (Å²) in [5.41, 5.74) is 7.53. The number of carbonyl (C=O) groups is 2. The molecule has 1 unspecified atom stereocenters. The third kappa shape index (κ3) is 4.06. The van der Waals surface area contributed by atoms with Gasteiger partial charge in [0.15, 0.2) is 11.0 Å². The smallest absolute Gasteiger partial charge is 0.240 e. The molecule has 0 saturated heterocycles. The van der Waals surface area contributed by atoms with Crippen molar-refractivity contribution in [1.29, 1.82) is 0 Å². The number of para-hydroxylation sites is 1. The Morgan fingerprint density at radius 1 is 1.24 bits per heavy atom. The molecule has 4 rings (SSSR count). The minimum absolute atomic E-state index is 0.0436. The van der Waals surface area contributed by atoms with Crippen molar-refractivity contribution in [1.82, 2.24) is 14.8 Å². The Bertz CT molecular complexity index is 1030. The lowest BCUT2D eigenvalue weighted by Gasteiger charge is -2.21. The summed E-state index contributed by atoms with van der Waals surface area (Å²) in [5.74, 6) is 0.349. The van der Waals surface area contributed by atoms with Crippen molar-refractivity contribution in [2.45, 2.75) is 36.7 Å². The van der Waals surface area contributed by atoms with E-state index in [2.05, 4.69) is 16.3 Å². The van der Waals surface area contributed by atoms with Crippen LogP contribution in [0.3, 0.4) is 0 Å². The standard InChI is InChI=1S/C20H21N5O2S2/c1-13(19(27)24-10-8-14-5-2-3-6-15(14)24)29-20-23-22-18(16-7-4-12-28-16)25(20)11-9-17(21)26/h2-7,12-13H,8-11H2,1H3,(H2,21,26). The van der Waals surface area contributed by atoms with E-state index in [1.165, 1.54) is 17.3 Å². The van der Waals surface area contributed by atoms with Gasteiger partial charge >= 0.3 is 0 Å². The van der Waals surface area contributed by atoms with Gasteiger partial charge in [0.2, 0.25) is 11.8 Å². The van der Waals surface area contributed by atoms with Crippen molar-refractivity contribution >= 4 is 40.6 Å². The Labute approximate surface area is 176 Å². The molecule has 7 nitrogen and oxygen atoms in total. The maximum absolute atomic E-state index is 13.1. The molecule has 0 aliphatic carbocycles. The first kappa shape index (κ1) is 19.7. The van der Waals surface area contributed by atoms with Crippen molar-refractivity contribution in [3.05, 3.63) is 47.3 Å². The molecule has 2 N–H and O–H groups in total. The summed E-state index contributed by atoms with van der Waals surface area (Å²) >= 11 is 2.91. The molecule has 1 aromatic carbocycles. The maximum atomic E-state index is 13.1. The van der Waals surface area contributed by atoms with Crippen LogP contribution in [0.2, 0.25) is 0 Å². The molecule has 9 heteroatoms. The van der Waals surface area contributed by atoms with E-state index < -0.39 is 0 Å². The van der Waals surface area contributed by atoms with Crippen molar-refractivity contribution in [2.75, 3.05) is 11.4 Å². The molecule has 0 spiro atoms. The zero-order valence-electron chi connectivity index (χ0n) is 15.9. The molecule has 0 bridgehead atoms. The van der Waals surface area contributed by atoms with E-state index >= 15 is 0 Å². The first-order chi connectivity index (χ1) is 14.0. The average molecular weight is 428 g/mol. The van der Waals surface area contributed by atoms with Gasteiger partial charge in [0.05, 0.1) is 10.1 Å². The number of carbonyl (C=O) groups excluding carboxylic acids is 2. The molecular formula is C20H21N5O2S2. The SMILES string of the molecule is CC(Sc1nnc(-c2cccs2)n1CCC(N)=O)C(=O)N1CCc2ccccc21. The zero-order valence-corrected chi connectivity index (χ0v) is 17.6. The van der Waals surface area contributed by atoms with E-state index in [1.54, 1.807) is 11.3 Å². The maximum Gasteiger partial charge on any atom is 0.240 e. The van der Waals surface area contributed by atoms with Crippen LogP contribution in [-0.4, -0.2) is 38.4 Å². The average Bonchev–Trinajstić information content (AvgIpc) is 3.45. The van der Waals surface area contributed by atoms with Crippen LogP contribution in [0.25, 0.3) is 10.7 Å². The summed E-state index contributed by atoms with van der Waals surface area (Å²) in [7, 11) is 0. The van der Waals surface area contributed by atoms with Crippen molar-refractivity contribution in [3.63, 3.8) is 0 Å². The highest BCUT2D eigenvalue weighted by atomic mass is 32.2. The lowest BCUT2D eigenvalue weighted by molar-refractivity contribution is -0.118. The summed E-state index contributed by atoms with van der Waals surface area (Å²) in [6, 6.07) is 11.9. The zero-order chi connectivity index (χ0) is 20.4. The van der Waals surface area contributed by atoms with Gasteiger partial charge in [-0.3, -0.25) is 9.59 Å². The molecule has 29 heavy (non-hydrogen) atoms. The van der Waals surface area contributed by atoms with Crippen LogP contribution >= 0.6 is 23.1 Å². The molecule has 0 fully saturated rings. The Morgan fingerprint density at radius 3 is 2.83 bits per heavy atom. The normalized spacial score (nSPS) is 14.0. The largest absolute Gasteiger partial charge is 0.370 e. The van der Waals surface area contributed by atoms with Crippen LogP contribution in [0.15, 0.2) is 46.9 Å². The number of nitrogens with two attached hydrogens (primary N) is 1. The van der Waals surface area contributed by atoms with Crippen LogP contribution < -0.4 is 10.6 Å². The van der Waals surface area contributed by atoms with Crippen molar-refractivity contribution < 1.29 is 9.59 Å². The Kier molecular flexibility index (Phi) is 5.68. The van der Waals surface area contributed by atoms with E-state index in [4.69, 9.17) is 5.73 Å². The summed E-state index contributed by atoms with van der Waals surface area (Å²) in [6.07, 6.45) is 1.06. The summed E-state index contributed by atoms with van der Waals surface area (Å²) in [6.45, 7) is 2.95. The second-order valence-electron chi connectivity index (χ2n) is 6.78. The lowest BCUT2D eigenvalue weighted by atomic mass is 10.2. The predicted molar refractivity (Wildman–Crippen MR) is 115 cm³/mol. The highest BCUT2D eigenvalue weighted by molar-refractivity contribution is 8.00. The molecule has 150 valence electrons. The molecule has 3 aromatic rings. The van der Waals surface area contributed by atoms with Gasteiger partial charge in [0.25, 0.3) is 0 Å². The number of thioether (sulfide) groups is 1. The van der Waals surface area contributed by atoms with Crippen LogP contribution in [0.1, 0.15) is 18.9 Å². The van der Waals surface area contributed by atoms with E-state index in [0.717, 1.165) is 17.0 Å². The molecule has 0 saturated carbocycles. The number of hydrogen-bond acceptors (Lipinski definition) is 6. The molecule has 2 aromatic heterocycles. The second-order valence-corrected chi connectivity index (χ2v) is 9.04. The van der Waals surface area contributed by atoms with Crippen LogP contribution in [-0.2, 0) is 22.6 Å². The molecule has 0 radical (unpaired) electrons. The predicted octanol–water partition coefficient (Wildman–Crippen LogP) is 2.95. The fourth-order valence-electron chi connectivity index (χ4n) is 3.38. The minimum Gasteiger partial charge on any atom is -0.370 e. The number of benzene rings is 1. The Hall–Kier alpha value is -2.65. The fraction of sp³-hybridized carbons (Fsp3) is 0.300. The summed E-state index contributed by atoms with van der Waals surface area (Å²) in [5, 5.41) is 10.9. The third-order valence-corrected chi connectivity index (χ3v) is 6.76. The number of anilines is 1. The van der Waals surface area contributed by atoms with Gasteiger partial charge in [0, 0.05) is 25.2 Å². The summed E-state index contributed by atoms with van der Waals surface area (Å²) < 4.78 is 1.88. The number of fused-ring (bicyclic) bond motifs is 1. The minimum atomic E-state index is -0.385. The van der Waals surface area contributed by atoms with Crippen LogP contribution in [0.4, 0.5) is 5.69 Å². The van der Waals surface area contributed by atoms with E-state index in [1.807, 2.05) is 52.1 Å². The molecule has 1 aliphatic rings. The number of hydrogen-bond donors (Lipinski definition) is 1. The van der Waals surface area contributed by atoms with Gasteiger partial charge in [-0.15, -0.1) is 21.5 Å². The first-order valence-corrected chi connectivity index (χ1v) is 11.1. The van der Waals surface area contributed by atoms with Gasteiger partial charge in [-0.1, -0.05) is 36.0 Å². The third-order valence-electron chi connectivity index (χ3n) is 4.82. The molecule has 3 heterocycles. The van der Waals surface area contributed by atoms with Crippen molar-refractivity contribution in [2.24, 2.45) is 5.73 Å². The van der Waals surface area contributed by atoms with Gasteiger partial charge in [0.1, 0.15) is 0 Å². The molecular weight excluding hydrogens is 406 g/mol. The number of rotatable bonds is 7. The van der Waals surface area contributed by atoms with Gasteiger partial charge in [-0.05, 0) is 36.4 Å². The number of primary amides is 1. The van der Waals surface area contributed by atoms with E-state index in [-0.39, 0.29) is 23.5 Å². The Balaban J connectivity index is 1.55. The van der Waals surface area contributed by atoms with Crippen molar-refractivity contribution in [3.8, 4) is 10.7 Å². The van der Waals surface area contributed by atoms with Gasteiger partial charge in [-0.25, -0.2) is 0 Å². The number of thiophene rings is 1. The topological polar surface area (TPSA) is 94.1 Å². The highest BCUT2D eigenvalue weighted by Crippen LogP contribution is 2.33. The first-order valence-electron chi connectivity index (χ1n) is 9.36. The van der Waals surface area contributed by atoms with E-state index in [0.29, 0.717) is 24.1 Å². The number of amides is 2. The summed E-state index contributed by atoms with van der Waals surface area (Å²) in [4.78, 5) is 27.2. The van der Waals surface area contributed by atoms with Gasteiger partial charge < -0.3 is 15.2 Å². The molecule has 2 amide bonds. The highest BCUT2D eigenvalue weighted by Gasteiger charge is 2.29. The van der Waals surface area contributed by atoms with Gasteiger partial charge in [-0.2, -0.15) is 0 Å². The fourth-order valence-corrected chi connectivity index (χ4v) is 5.04. The molecule has 1 aliphatic heterocycles. The van der Waals surface area contributed by atoms with Crippen LogP contribution in [0, 0.1) is 0 Å². The van der Waals surface area contributed by atoms with Crippen LogP contribution in [0.5, 0.6) is 0 Å². The number of nitrogens with zero attached hydrogens (tertiary/aromatic N) is 4. The van der Waals surface area contributed by atoms with E-state index in [9.17, 15) is 9.59 Å². The monoisotopic (exact) mass is 427 g/mol.